The topological polar surface area (TPSA) is 52.3 Å². The first kappa shape index (κ1) is 16.9. The molecule has 2 aromatic carbocycles. The van der Waals surface area contributed by atoms with Crippen LogP contribution in [0.3, 0.4) is 0 Å². The normalized spacial score (nSPS) is 22.2. The van der Waals surface area contributed by atoms with E-state index in [4.69, 9.17) is 22.1 Å². The highest BCUT2D eigenvalue weighted by molar-refractivity contribution is 6.33. The van der Waals surface area contributed by atoms with E-state index in [9.17, 15) is 9.18 Å². The van der Waals surface area contributed by atoms with Gasteiger partial charge in [-0.15, -0.1) is 0 Å². The molecular formula is C19H19ClFNO2. The van der Waals surface area contributed by atoms with Crippen LogP contribution in [0.5, 0.6) is 0 Å². The summed E-state index contributed by atoms with van der Waals surface area (Å²) in [5.41, 5.74) is 8.32. The van der Waals surface area contributed by atoms with Crippen LogP contribution in [0.15, 0.2) is 42.5 Å². The second kappa shape index (κ2) is 6.54. The third-order valence-corrected chi connectivity index (χ3v) is 4.78. The fourth-order valence-electron chi connectivity index (χ4n) is 3.06. The molecule has 1 fully saturated rings. The van der Waals surface area contributed by atoms with Gasteiger partial charge in [0, 0.05) is 22.0 Å². The Morgan fingerprint density at radius 3 is 2.71 bits per heavy atom. The number of carbonyl (C=O) groups excluding carboxylic acids is 1. The third kappa shape index (κ3) is 3.45. The predicted octanol–water partition coefficient (Wildman–Crippen LogP) is 4.28. The van der Waals surface area contributed by atoms with E-state index in [1.54, 1.807) is 13.0 Å². The van der Waals surface area contributed by atoms with E-state index in [1.165, 1.54) is 12.1 Å². The average molecular weight is 348 g/mol. The zero-order valence-electron chi connectivity index (χ0n) is 13.4. The molecule has 0 amide bonds. The molecule has 0 radical (unpaired) electrons. The fraction of sp³-hybridized carbons (Fsp3) is 0.316. The maximum absolute atomic E-state index is 13.4. The minimum atomic E-state index is -0.524. The largest absolute Gasteiger partial charge is 0.466 e. The lowest BCUT2D eigenvalue weighted by Gasteiger charge is -2.11. The summed E-state index contributed by atoms with van der Waals surface area (Å²) >= 11 is 6.14. The first-order valence-corrected chi connectivity index (χ1v) is 8.30. The zero-order valence-corrected chi connectivity index (χ0v) is 14.1. The van der Waals surface area contributed by atoms with Gasteiger partial charge in [-0.1, -0.05) is 35.9 Å². The van der Waals surface area contributed by atoms with E-state index in [0.717, 1.165) is 17.5 Å². The molecule has 3 rings (SSSR count). The monoisotopic (exact) mass is 347 g/mol. The van der Waals surface area contributed by atoms with Crippen molar-refractivity contribution in [2.45, 2.75) is 31.2 Å². The molecule has 126 valence electrons. The van der Waals surface area contributed by atoms with Crippen LogP contribution in [0.1, 0.15) is 31.2 Å². The highest BCUT2D eigenvalue weighted by Crippen LogP contribution is 2.52. The van der Waals surface area contributed by atoms with Crippen LogP contribution >= 0.6 is 11.6 Å². The molecule has 0 bridgehead atoms. The molecule has 1 aliphatic rings. The molecule has 1 unspecified atom stereocenters. The summed E-state index contributed by atoms with van der Waals surface area (Å²) in [5, 5.41) is 0.506. The molecule has 2 aromatic rings. The van der Waals surface area contributed by atoms with Gasteiger partial charge in [-0.25, -0.2) is 4.39 Å². The van der Waals surface area contributed by atoms with Gasteiger partial charge in [0.05, 0.1) is 13.0 Å². The fourth-order valence-corrected chi connectivity index (χ4v) is 3.29. The summed E-state index contributed by atoms with van der Waals surface area (Å²) in [6.07, 6.45) is 0.981. The number of esters is 1. The van der Waals surface area contributed by atoms with E-state index in [-0.39, 0.29) is 24.1 Å². The Kier molecular flexibility index (Phi) is 4.61. The van der Waals surface area contributed by atoms with Gasteiger partial charge < -0.3 is 10.5 Å². The number of carbonyl (C=O) groups is 1. The molecule has 0 saturated heterocycles. The molecule has 2 atom stereocenters. The molecule has 24 heavy (non-hydrogen) atoms. The molecule has 1 saturated carbocycles. The maximum atomic E-state index is 13.4. The lowest BCUT2D eigenvalue weighted by molar-refractivity contribution is -0.143. The van der Waals surface area contributed by atoms with Gasteiger partial charge in [0.25, 0.3) is 0 Å². The number of hydrogen-bond donors (Lipinski definition) is 1. The van der Waals surface area contributed by atoms with Crippen molar-refractivity contribution in [3.63, 3.8) is 0 Å². The van der Waals surface area contributed by atoms with Gasteiger partial charge in [-0.3, -0.25) is 4.79 Å². The minimum absolute atomic E-state index is 0.138. The third-order valence-electron chi connectivity index (χ3n) is 4.45. The Labute approximate surface area is 145 Å². The smallest absolute Gasteiger partial charge is 0.307 e. The van der Waals surface area contributed by atoms with Crippen molar-refractivity contribution in [1.29, 1.82) is 0 Å². The van der Waals surface area contributed by atoms with E-state index < -0.39 is 5.54 Å². The second-order valence-electron chi connectivity index (χ2n) is 6.22. The zero-order chi connectivity index (χ0) is 17.3. The molecule has 2 N–H and O–H groups in total. The van der Waals surface area contributed by atoms with Crippen LogP contribution in [0.2, 0.25) is 5.02 Å². The summed E-state index contributed by atoms with van der Waals surface area (Å²) in [6, 6.07) is 12.0. The SMILES string of the molecule is CCOC(=O)CC1(N)C[C@H]1c1ccc(-c2cc(F)ccc2Cl)cc1. The summed E-state index contributed by atoms with van der Waals surface area (Å²) in [4.78, 5) is 11.6. The number of halogens is 2. The van der Waals surface area contributed by atoms with Gasteiger partial charge in [0.2, 0.25) is 0 Å². The number of benzene rings is 2. The van der Waals surface area contributed by atoms with E-state index >= 15 is 0 Å². The lowest BCUT2D eigenvalue weighted by atomic mass is 9.99. The summed E-state index contributed by atoms with van der Waals surface area (Å²) in [5.74, 6) is -0.444. The molecule has 5 heteroatoms. The van der Waals surface area contributed by atoms with Crippen LogP contribution in [0.25, 0.3) is 11.1 Å². The Morgan fingerprint density at radius 1 is 1.33 bits per heavy atom. The molecule has 0 spiro atoms. The highest BCUT2D eigenvalue weighted by Gasteiger charge is 2.53. The van der Waals surface area contributed by atoms with Crippen molar-refractivity contribution in [3.8, 4) is 11.1 Å². The summed E-state index contributed by atoms with van der Waals surface area (Å²) < 4.78 is 18.4. The minimum Gasteiger partial charge on any atom is -0.466 e. The van der Waals surface area contributed by atoms with Gasteiger partial charge in [-0.2, -0.15) is 0 Å². The quantitative estimate of drug-likeness (QED) is 0.821. The Morgan fingerprint density at radius 2 is 2.04 bits per heavy atom. The van der Waals surface area contributed by atoms with Gasteiger partial charge in [-0.05, 0) is 42.7 Å². The molecule has 0 heterocycles. The second-order valence-corrected chi connectivity index (χ2v) is 6.63. The summed E-state index contributed by atoms with van der Waals surface area (Å²) in [7, 11) is 0. The van der Waals surface area contributed by atoms with Crippen molar-refractivity contribution in [2.24, 2.45) is 5.73 Å². The van der Waals surface area contributed by atoms with Gasteiger partial charge in [0.1, 0.15) is 5.82 Å². The van der Waals surface area contributed by atoms with E-state index in [1.807, 2.05) is 24.3 Å². The summed E-state index contributed by atoms with van der Waals surface area (Å²) in [6.45, 7) is 2.14. The molecular weight excluding hydrogens is 329 g/mol. The first-order chi connectivity index (χ1) is 11.4. The van der Waals surface area contributed by atoms with Crippen LogP contribution in [-0.4, -0.2) is 18.1 Å². The van der Waals surface area contributed by atoms with Gasteiger partial charge >= 0.3 is 5.97 Å². The average Bonchev–Trinajstić information content (AvgIpc) is 3.21. The number of hydrogen-bond acceptors (Lipinski definition) is 3. The van der Waals surface area contributed by atoms with Crippen LogP contribution in [0.4, 0.5) is 4.39 Å². The molecule has 1 aliphatic carbocycles. The number of rotatable bonds is 5. The lowest BCUT2D eigenvalue weighted by Crippen LogP contribution is -2.29. The predicted molar refractivity (Wildman–Crippen MR) is 92.4 cm³/mol. The highest BCUT2D eigenvalue weighted by atomic mass is 35.5. The van der Waals surface area contributed by atoms with Crippen molar-refractivity contribution in [1.82, 2.24) is 0 Å². The Balaban J connectivity index is 1.74. The molecule has 0 aliphatic heterocycles. The van der Waals surface area contributed by atoms with Crippen LogP contribution in [0, 0.1) is 5.82 Å². The standard InChI is InChI=1S/C19H19ClFNO2/c1-2-24-18(23)11-19(22)10-16(19)13-5-3-12(4-6-13)15-9-14(21)7-8-17(15)20/h3-9,16H,2,10-11,22H2,1H3/t16-,19?/m0/s1. The Bertz CT molecular complexity index is 762. The molecule has 0 aromatic heterocycles. The van der Waals surface area contributed by atoms with E-state index in [0.29, 0.717) is 17.2 Å². The first-order valence-electron chi connectivity index (χ1n) is 7.93. The molecule has 3 nitrogen and oxygen atoms in total. The van der Waals surface area contributed by atoms with Crippen LogP contribution in [-0.2, 0) is 9.53 Å². The number of nitrogens with two attached hydrogens (primary N) is 1. The van der Waals surface area contributed by atoms with Crippen molar-refractivity contribution >= 4 is 17.6 Å². The van der Waals surface area contributed by atoms with Crippen molar-refractivity contribution in [3.05, 3.63) is 58.9 Å². The van der Waals surface area contributed by atoms with Crippen molar-refractivity contribution in [2.75, 3.05) is 6.61 Å². The van der Waals surface area contributed by atoms with Crippen molar-refractivity contribution < 1.29 is 13.9 Å². The number of ether oxygens (including phenoxy) is 1. The van der Waals surface area contributed by atoms with Crippen LogP contribution < -0.4 is 5.73 Å². The van der Waals surface area contributed by atoms with Gasteiger partial charge in [0.15, 0.2) is 0 Å². The maximum Gasteiger partial charge on any atom is 0.307 e. The van der Waals surface area contributed by atoms with E-state index in [2.05, 4.69) is 0 Å². The Hall–Kier alpha value is -1.91.